The van der Waals surface area contributed by atoms with E-state index in [1.807, 2.05) is 0 Å². The van der Waals surface area contributed by atoms with E-state index in [1.165, 1.54) is 18.9 Å². The second-order valence-corrected chi connectivity index (χ2v) is 4.94. The zero-order valence-corrected chi connectivity index (χ0v) is 10.9. The zero-order chi connectivity index (χ0) is 13.9. The predicted octanol–water partition coefficient (Wildman–Crippen LogP) is 3.00. The molecule has 0 saturated carbocycles. The van der Waals surface area contributed by atoms with Crippen LogP contribution in [0.5, 0.6) is 0 Å². The van der Waals surface area contributed by atoms with Crippen LogP contribution < -0.4 is 5.32 Å². The van der Waals surface area contributed by atoms with Gasteiger partial charge in [-0.2, -0.15) is 13.2 Å². The van der Waals surface area contributed by atoms with E-state index < -0.39 is 11.7 Å². The van der Waals surface area contributed by atoms with Crippen molar-refractivity contribution in [3.63, 3.8) is 0 Å². The number of hydrogen-bond donors (Lipinski definition) is 1. The van der Waals surface area contributed by atoms with Gasteiger partial charge in [0.1, 0.15) is 5.82 Å². The number of likely N-dealkylation sites (tertiary alicyclic amines) is 1. The van der Waals surface area contributed by atoms with Crippen LogP contribution in [0.1, 0.15) is 24.8 Å². The van der Waals surface area contributed by atoms with Gasteiger partial charge in [0.2, 0.25) is 0 Å². The number of halogens is 3. The molecule has 1 unspecified atom stereocenters. The lowest BCUT2D eigenvalue weighted by Gasteiger charge is -2.32. The third kappa shape index (κ3) is 3.83. The Morgan fingerprint density at radius 1 is 1.37 bits per heavy atom. The van der Waals surface area contributed by atoms with Gasteiger partial charge in [0, 0.05) is 18.8 Å². The number of hydrogen-bond acceptors (Lipinski definition) is 3. The maximum atomic E-state index is 12.4. The maximum Gasteiger partial charge on any atom is 0.417 e. The van der Waals surface area contributed by atoms with Crippen molar-refractivity contribution in [1.82, 2.24) is 9.88 Å². The van der Waals surface area contributed by atoms with Crippen LogP contribution in [0.2, 0.25) is 0 Å². The molecule has 0 amide bonds. The Labute approximate surface area is 110 Å². The summed E-state index contributed by atoms with van der Waals surface area (Å²) >= 11 is 0. The molecule has 0 bridgehead atoms. The SMILES string of the molecule is CN1CCCCC1CNc1ccc(C(F)(F)F)cn1. The number of nitrogens with zero attached hydrogens (tertiary/aromatic N) is 2. The highest BCUT2D eigenvalue weighted by atomic mass is 19.4. The molecule has 1 aromatic heterocycles. The number of alkyl halides is 3. The summed E-state index contributed by atoms with van der Waals surface area (Å²) in [6.07, 6.45) is 0.0782. The minimum atomic E-state index is -4.32. The third-order valence-corrected chi connectivity index (χ3v) is 3.53. The van der Waals surface area contributed by atoms with Crippen LogP contribution in [0.3, 0.4) is 0 Å². The smallest absolute Gasteiger partial charge is 0.369 e. The van der Waals surface area contributed by atoms with Crippen molar-refractivity contribution in [3.05, 3.63) is 23.9 Å². The molecule has 106 valence electrons. The van der Waals surface area contributed by atoms with Gasteiger partial charge in [-0.1, -0.05) is 6.42 Å². The predicted molar refractivity (Wildman–Crippen MR) is 68.0 cm³/mol. The Bertz CT molecular complexity index is 403. The van der Waals surface area contributed by atoms with E-state index in [2.05, 4.69) is 22.2 Å². The molecule has 1 atom stereocenters. The molecule has 1 aliphatic rings. The van der Waals surface area contributed by atoms with Gasteiger partial charge in [0.15, 0.2) is 0 Å². The van der Waals surface area contributed by atoms with E-state index in [-0.39, 0.29) is 0 Å². The van der Waals surface area contributed by atoms with E-state index in [4.69, 9.17) is 0 Å². The molecule has 0 aromatic carbocycles. The fourth-order valence-corrected chi connectivity index (χ4v) is 2.29. The van der Waals surface area contributed by atoms with Crippen LogP contribution in [0.15, 0.2) is 18.3 Å². The van der Waals surface area contributed by atoms with Crippen LogP contribution in [0.4, 0.5) is 19.0 Å². The van der Waals surface area contributed by atoms with E-state index >= 15 is 0 Å². The summed E-state index contributed by atoms with van der Waals surface area (Å²) in [5.41, 5.74) is -0.715. The number of anilines is 1. The fraction of sp³-hybridized carbons (Fsp3) is 0.615. The molecular formula is C13H18F3N3. The van der Waals surface area contributed by atoms with E-state index in [0.717, 1.165) is 31.8 Å². The molecule has 0 spiro atoms. The molecule has 1 fully saturated rings. The Hall–Kier alpha value is -1.30. The summed E-state index contributed by atoms with van der Waals surface area (Å²) in [5, 5.41) is 3.10. The lowest BCUT2D eigenvalue weighted by atomic mass is 10.0. The van der Waals surface area contributed by atoms with Crippen molar-refractivity contribution >= 4 is 5.82 Å². The van der Waals surface area contributed by atoms with Crippen molar-refractivity contribution in [2.24, 2.45) is 0 Å². The Kier molecular flexibility index (Phi) is 4.29. The molecule has 1 aromatic rings. The fourth-order valence-electron chi connectivity index (χ4n) is 2.29. The molecule has 3 nitrogen and oxygen atoms in total. The highest BCUT2D eigenvalue weighted by Gasteiger charge is 2.30. The maximum absolute atomic E-state index is 12.4. The van der Waals surface area contributed by atoms with Gasteiger partial charge in [-0.25, -0.2) is 4.98 Å². The largest absolute Gasteiger partial charge is 0.417 e. The molecule has 1 saturated heterocycles. The summed E-state index contributed by atoms with van der Waals surface area (Å²) in [5.74, 6) is 0.493. The number of rotatable bonds is 3. The first-order chi connectivity index (χ1) is 8.97. The van der Waals surface area contributed by atoms with Gasteiger partial charge in [-0.15, -0.1) is 0 Å². The Morgan fingerprint density at radius 2 is 2.16 bits per heavy atom. The normalized spacial score (nSPS) is 21.4. The second kappa shape index (κ2) is 5.77. The van der Waals surface area contributed by atoms with Gasteiger partial charge in [0.05, 0.1) is 5.56 Å². The Balaban J connectivity index is 1.89. The molecule has 0 aliphatic carbocycles. The van der Waals surface area contributed by atoms with Gasteiger partial charge in [-0.3, -0.25) is 0 Å². The molecule has 1 N–H and O–H groups in total. The molecule has 2 rings (SSSR count). The second-order valence-electron chi connectivity index (χ2n) is 4.94. The van der Waals surface area contributed by atoms with Crippen molar-refractivity contribution in [2.45, 2.75) is 31.5 Å². The highest BCUT2D eigenvalue weighted by molar-refractivity contribution is 5.36. The summed E-state index contributed by atoms with van der Waals surface area (Å²) in [6, 6.07) is 2.86. The van der Waals surface area contributed by atoms with Crippen LogP contribution in [-0.2, 0) is 6.18 Å². The number of nitrogens with one attached hydrogen (secondary N) is 1. The van der Waals surface area contributed by atoms with Crippen LogP contribution in [-0.4, -0.2) is 36.1 Å². The van der Waals surface area contributed by atoms with Gasteiger partial charge in [-0.05, 0) is 38.6 Å². The standard InChI is InChI=1S/C13H18F3N3/c1-19-7-3-2-4-11(19)9-18-12-6-5-10(8-17-12)13(14,15)16/h5-6,8,11H,2-4,7,9H2,1H3,(H,17,18). The average molecular weight is 273 g/mol. The number of piperidine rings is 1. The van der Waals surface area contributed by atoms with Gasteiger partial charge in [0.25, 0.3) is 0 Å². The van der Waals surface area contributed by atoms with Crippen molar-refractivity contribution in [1.29, 1.82) is 0 Å². The average Bonchev–Trinajstić information content (AvgIpc) is 2.37. The minimum absolute atomic E-state index is 0.429. The highest BCUT2D eigenvalue weighted by Crippen LogP contribution is 2.28. The molecule has 0 radical (unpaired) electrons. The van der Waals surface area contributed by atoms with Crippen molar-refractivity contribution < 1.29 is 13.2 Å². The van der Waals surface area contributed by atoms with Crippen LogP contribution in [0.25, 0.3) is 0 Å². The number of aromatic nitrogens is 1. The van der Waals surface area contributed by atoms with E-state index in [1.54, 1.807) is 0 Å². The van der Waals surface area contributed by atoms with Crippen molar-refractivity contribution in [2.75, 3.05) is 25.5 Å². The molecule has 6 heteroatoms. The summed E-state index contributed by atoms with van der Waals surface area (Å²) < 4.78 is 37.1. The lowest BCUT2D eigenvalue weighted by molar-refractivity contribution is -0.137. The quantitative estimate of drug-likeness (QED) is 0.917. The molecule has 2 heterocycles. The first kappa shape index (κ1) is 14.1. The van der Waals surface area contributed by atoms with Crippen LogP contribution >= 0.6 is 0 Å². The topological polar surface area (TPSA) is 28.2 Å². The summed E-state index contributed by atoms with van der Waals surface area (Å²) in [7, 11) is 2.08. The van der Waals surface area contributed by atoms with Gasteiger partial charge < -0.3 is 10.2 Å². The lowest BCUT2D eigenvalue weighted by Crippen LogP contribution is -2.40. The zero-order valence-electron chi connectivity index (χ0n) is 10.9. The number of pyridine rings is 1. The van der Waals surface area contributed by atoms with Gasteiger partial charge >= 0.3 is 6.18 Å². The first-order valence-electron chi connectivity index (χ1n) is 6.44. The van der Waals surface area contributed by atoms with E-state index in [9.17, 15) is 13.2 Å². The molecular weight excluding hydrogens is 255 g/mol. The molecule has 1 aliphatic heterocycles. The van der Waals surface area contributed by atoms with Crippen molar-refractivity contribution in [3.8, 4) is 0 Å². The third-order valence-electron chi connectivity index (χ3n) is 3.53. The summed E-state index contributed by atoms with van der Waals surface area (Å²) in [6.45, 7) is 1.79. The first-order valence-corrected chi connectivity index (χ1v) is 6.44. The van der Waals surface area contributed by atoms with Crippen LogP contribution in [0, 0.1) is 0 Å². The minimum Gasteiger partial charge on any atom is -0.369 e. The Morgan fingerprint density at radius 3 is 2.74 bits per heavy atom. The number of likely N-dealkylation sites (N-methyl/N-ethyl adjacent to an activating group) is 1. The van der Waals surface area contributed by atoms with E-state index in [0.29, 0.717) is 11.9 Å². The summed E-state index contributed by atoms with van der Waals surface area (Å²) in [4.78, 5) is 6.08. The molecule has 19 heavy (non-hydrogen) atoms. The monoisotopic (exact) mass is 273 g/mol.